The molecule has 3 nitrogen and oxygen atoms in total. The molecule has 2 amide bonds. The topological polar surface area (TPSA) is 46.2 Å². The van der Waals surface area contributed by atoms with Crippen LogP contribution in [0.2, 0.25) is 0 Å². The highest BCUT2D eigenvalue weighted by molar-refractivity contribution is 6.25. The Kier molecular flexibility index (Phi) is 2.23. The van der Waals surface area contributed by atoms with Gasteiger partial charge in [-0.2, -0.15) is 0 Å². The Morgan fingerprint density at radius 3 is 2.28 bits per heavy atom. The van der Waals surface area contributed by atoms with Crippen LogP contribution in [0.1, 0.15) is 46.0 Å². The zero-order valence-electron chi connectivity index (χ0n) is 10.3. The lowest BCUT2D eigenvalue weighted by Crippen LogP contribution is -2.34. The molecular formula is C15H13NO2. The van der Waals surface area contributed by atoms with Gasteiger partial charge in [0, 0.05) is 16.5 Å². The van der Waals surface area contributed by atoms with Gasteiger partial charge in [0.25, 0.3) is 11.8 Å². The summed E-state index contributed by atoms with van der Waals surface area (Å²) in [6.07, 6.45) is 0. The first kappa shape index (κ1) is 11.0. The average molecular weight is 239 g/mol. The number of hydrogen-bond acceptors (Lipinski definition) is 2. The fourth-order valence-electron chi connectivity index (χ4n) is 2.55. The van der Waals surface area contributed by atoms with Crippen LogP contribution in [0.5, 0.6) is 0 Å². The van der Waals surface area contributed by atoms with Crippen LogP contribution in [0.15, 0.2) is 30.3 Å². The van der Waals surface area contributed by atoms with Crippen molar-refractivity contribution in [1.29, 1.82) is 0 Å². The van der Waals surface area contributed by atoms with Crippen molar-refractivity contribution in [3.8, 4) is 0 Å². The second-order valence-electron chi connectivity index (χ2n) is 4.87. The van der Waals surface area contributed by atoms with Crippen molar-refractivity contribution in [2.75, 3.05) is 0 Å². The molecule has 2 aromatic rings. The first-order valence-corrected chi connectivity index (χ1v) is 6.01. The summed E-state index contributed by atoms with van der Waals surface area (Å²) in [5.74, 6) is -0.257. The zero-order valence-corrected chi connectivity index (χ0v) is 10.3. The van der Waals surface area contributed by atoms with Gasteiger partial charge in [0.15, 0.2) is 0 Å². The summed E-state index contributed by atoms with van der Waals surface area (Å²) < 4.78 is 0. The summed E-state index contributed by atoms with van der Waals surface area (Å²) in [6.45, 7) is 4.21. The lowest BCUT2D eigenvalue weighted by atomic mass is 9.89. The third-order valence-corrected chi connectivity index (χ3v) is 3.41. The summed E-state index contributed by atoms with van der Waals surface area (Å²) in [5.41, 5.74) is 2.34. The van der Waals surface area contributed by atoms with Crippen LogP contribution in [0.3, 0.4) is 0 Å². The van der Waals surface area contributed by atoms with E-state index < -0.39 is 0 Å². The summed E-state index contributed by atoms with van der Waals surface area (Å²) in [6, 6.07) is 9.38. The van der Waals surface area contributed by atoms with E-state index in [1.165, 1.54) is 0 Å². The van der Waals surface area contributed by atoms with Gasteiger partial charge in [0.2, 0.25) is 0 Å². The highest BCUT2D eigenvalue weighted by Gasteiger charge is 2.25. The average Bonchev–Trinajstić information content (AvgIpc) is 2.34. The van der Waals surface area contributed by atoms with Crippen LogP contribution in [0, 0.1) is 0 Å². The fraction of sp³-hybridized carbons (Fsp3) is 0.200. The highest BCUT2D eigenvalue weighted by atomic mass is 16.2. The maximum atomic E-state index is 11.8. The van der Waals surface area contributed by atoms with E-state index in [1.54, 1.807) is 6.07 Å². The van der Waals surface area contributed by atoms with Crippen molar-refractivity contribution in [3.63, 3.8) is 0 Å². The van der Waals surface area contributed by atoms with Crippen molar-refractivity contribution in [3.05, 3.63) is 47.0 Å². The maximum absolute atomic E-state index is 11.8. The Morgan fingerprint density at radius 2 is 1.61 bits per heavy atom. The summed E-state index contributed by atoms with van der Waals surface area (Å²) in [5, 5.41) is 4.16. The third-order valence-electron chi connectivity index (χ3n) is 3.41. The van der Waals surface area contributed by atoms with Gasteiger partial charge in [-0.15, -0.1) is 0 Å². The molecule has 0 aliphatic carbocycles. The fourth-order valence-corrected chi connectivity index (χ4v) is 2.55. The van der Waals surface area contributed by atoms with Gasteiger partial charge in [-0.3, -0.25) is 14.9 Å². The van der Waals surface area contributed by atoms with Gasteiger partial charge in [-0.1, -0.05) is 32.0 Å². The van der Waals surface area contributed by atoms with E-state index in [9.17, 15) is 9.59 Å². The Balaban J connectivity index is 2.49. The minimum atomic E-state index is -0.306. The van der Waals surface area contributed by atoms with E-state index in [1.807, 2.05) is 24.3 Å². The number of benzene rings is 2. The predicted octanol–water partition coefficient (Wildman–Crippen LogP) is 2.85. The van der Waals surface area contributed by atoms with E-state index >= 15 is 0 Å². The van der Waals surface area contributed by atoms with E-state index in [0.29, 0.717) is 17.0 Å². The molecular weight excluding hydrogens is 226 g/mol. The first-order valence-electron chi connectivity index (χ1n) is 6.01. The molecule has 1 heterocycles. The molecule has 0 saturated carbocycles. The quantitative estimate of drug-likeness (QED) is 0.778. The van der Waals surface area contributed by atoms with Gasteiger partial charge in [0.05, 0.1) is 0 Å². The van der Waals surface area contributed by atoms with Crippen molar-refractivity contribution >= 4 is 22.6 Å². The Hall–Kier alpha value is -2.16. The standard InChI is InChI=1S/C15H13NO2/c1-8(2)9-6-7-12-13-10(9)4-3-5-11(13)14(17)16-15(12)18/h3-8H,1-2H3,(H,16,17,18). The zero-order chi connectivity index (χ0) is 12.9. The molecule has 0 unspecified atom stereocenters. The smallest absolute Gasteiger partial charge is 0.258 e. The molecule has 90 valence electrons. The van der Waals surface area contributed by atoms with Crippen molar-refractivity contribution in [2.24, 2.45) is 0 Å². The minimum absolute atomic E-state index is 0.306. The summed E-state index contributed by atoms with van der Waals surface area (Å²) in [4.78, 5) is 23.7. The Labute approximate surface area is 105 Å². The number of carbonyl (C=O) groups excluding carboxylic acids is 2. The Bertz CT molecular complexity index is 666. The van der Waals surface area contributed by atoms with Crippen LogP contribution >= 0.6 is 0 Å². The number of carbonyl (C=O) groups is 2. The van der Waals surface area contributed by atoms with Crippen molar-refractivity contribution in [1.82, 2.24) is 5.32 Å². The molecule has 0 bridgehead atoms. The molecule has 0 aromatic heterocycles. The molecule has 0 saturated heterocycles. The number of nitrogens with one attached hydrogen (secondary N) is 1. The van der Waals surface area contributed by atoms with Crippen LogP contribution in [-0.2, 0) is 0 Å². The maximum Gasteiger partial charge on any atom is 0.258 e. The molecule has 3 rings (SSSR count). The van der Waals surface area contributed by atoms with E-state index in [4.69, 9.17) is 0 Å². The highest BCUT2D eigenvalue weighted by Crippen LogP contribution is 2.32. The molecule has 3 heteroatoms. The molecule has 0 radical (unpaired) electrons. The van der Waals surface area contributed by atoms with Crippen LogP contribution in [-0.4, -0.2) is 11.8 Å². The van der Waals surface area contributed by atoms with Crippen LogP contribution in [0.4, 0.5) is 0 Å². The monoisotopic (exact) mass is 239 g/mol. The van der Waals surface area contributed by atoms with Gasteiger partial charge >= 0.3 is 0 Å². The van der Waals surface area contributed by atoms with Gasteiger partial charge in [0.1, 0.15) is 0 Å². The lowest BCUT2D eigenvalue weighted by Gasteiger charge is -2.19. The molecule has 0 atom stereocenters. The van der Waals surface area contributed by atoms with Crippen molar-refractivity contribution < 1.29 is 9.59 Å². The summed E-state index contributed by atoms with van der Waals surface area (Å²) >= 11 is 0. The number of imide groups is 1. The lowest BCUT2D eigenvalue weighted by molar-refractivity contribution is 0.0845. The molecule has 1 aliphatic rings. The molecule has 2 aromatic carbocycles. The van der Waals surface area contributed by atoms with Gasteiger partial charge in [-0.25, -0.2) is 0 Å². The van der Waals surface area contributed by atoms with E-state index in [-0.39, 0.29) is 11.8 Å². The largest absolute Gasteiger partial charge is 0.288 e. The SMILES string of the molecule is CC(C)c1ccc2c3c(cccc13)C(=O)NC2=O. The van der Waals surface area contributed by atoms with E-state index in [2.05, 4.69) is 19.2 Å². The second-order valence-corrected chi connectivity index (χ2v) is 4.87. The number of rotatable bonds is 1. The van der Waals surface area contributed by atoms with Gasteiger partial charge < -0.3 is 0 Å². The van der Waals surface area contributed by atoms with Crippen LogP contribution < -0.4 is 5.32 Å². The van der Waals surface area contributed by atoms with Crippen LogP contribution in [0.25, 0.3) is 10.8 Å². The van der Waals surface area contributed by atoms with E-state index in [0.717, 1.165) is 16.3 Å². The molecule has 1 N–H and O–H groups in total. The minimum Gasteiger partial charge on any atom is -0.288 e. The second kappa shape index (κ2) is 3.67. The third kappa shape index (κ3) is 1.37. The summed E-state index contributed by atoms with van der Waals surface area (Å²) in [7, 11) is 0. The number of amides is 2. The normalized spacial score (nSPS) is 14.2. The van der Waals surface area contributed by atoms with Crippen molar-refractivity contribution in [2.45, 2.75) is 19.8 Å². The molecule has 1 aliphatic heterocycles. The number of hydrogen-bond donors (Lipinski definition) is 1. The first-order chi connectivity index (χ1) is 8.59. The molecule has 0 fully saturated rings. The molecule has 18 heavy (non-hydrogen) atoms. The Morgan fingerprint density at radius 1 is 0.944 bits per heavy atom. The van der Waals surface area contributed by atoms with Gasteiger partial charge in [-0.05, 0) is 29.0 Å². The molecule has 0 spiro atoms. The predicted molar refractivity (Wildman–Crippen MR) is 69.8 cm³/mol.